The first kappa shape index (κ1) is 18.0. The number of primary sulfonamides is 1. The van der Waals surface area contributed by atoms with E-state index in [0.29, 0.717) is 6.42 Å². The molecule has 0 bridgehead atoms. The number of rotatable bonds is 6. The summed E-state index contributed by atoms with van der Waals surface area (Å²) in [6, 6.07) is 5.94. The molecule has 1 aromatic rings. The molecular formula is C15H20N2O4S. The van der Waals surface area contributed by atoms with Crippen LogP contribution in [0.2, 0.25) is 0 Å². The van der Waals surface area contributed by atoms with Crippen molar-refractivity contribution >= 4 is 16.1 Å². The van der Waals surface area contributed by atoms with E-state index in [9.17, 15) is 13.2 Å². The minimum atomic E-state index is -3.70. The highest BCUT2D eigenvalue weighted by molar-refractivity contribution is 7.89. The Hall–Kier alpha value is -2.04. The van der Waals surface area contributed by atoms with Gasteiger partial charge in [-0.2, -0.15) is 0 Å². The number of hydrogen-bond donors (Lipinski definition) is 2. The number of unbranched alkanes of at least 4 members (excludes halogenated alkanes) is 1. The van der Waals surface area contributed by atoms with Crippen molar-refractivity contribution in [3.63, 3.8) is 0 Å². The second kappa shape index (κ2) is 9.07. The van der Waals surface area contributed by atoms with Gasteiger partial charge in [-0.1, -0.05) is 25.0 Å². The number of sulfonamides is 1. The first-order valence-electron chi connectivity index (χ1n) is 6.91. The topological polar surface area (TPSA) is 98.5 Å². The molecule has 0 heterocycles. The van der Waals surface area contributed by atoms with Crippen LogP contribution in [0, 0.1) is 11.8 Å². The van der Waals surface area contributed by atoms with Gasteiger partial charge in [-0.15, -0.1) is 5.92 Å². The SMILES string of the molecule is CCCC#CCCOC(=O)NCc1ccc(S(N)(=O)=O)cc1. The van der Waals surface area contributed by atoms with Crippen LogP contribution in [0.15, 0.2) is 29.2 Å². The Morgan fingerprint density at radius 2 is 1.86 bits per heavy atom. The Morgan fingerprint density at radius 1 is 1.23 bits per heavy atom. The molecule has 0 unspecified atom stereocenters. The second-order valence-electron chi connectivity index (χ2n) is 4.53. The first-order valence-corrected chi connectivity index (χ1v) is 8.46. The van der Waals surface area contributed by atoms with Gasteiger partial charge in [0.1, 0.15) is 6.61 Å². The summed E-state index contributed by atoms with van der Waals surface area (Å²) in [5.41, 5.74) is 0.743. The molecule has 0 spiro atoms. The minimum Gasteiger partial charge on any atom is -0.449 e. The van der Waals surface area contributed by atoms with Gasteiger partial charge in [-0.25, -0.2) is 18.4 Å². The molecule has 22 heavy (non-hydrogen) atoms. The third-order valence-electron chi connectivity index (χ3n) is 2.65. The standard InChI is InChI=1S/C15H20N2O4S/c1-2-3-4-5-6-11-21-15(18)17-12-13-7-9-14(10-8-13)22(16,19)20/h7-10H,2-3,6,11-12H2,1H3,(H,17,18)(H2,16,19,20). The lowest BCUT2D eigenvalue weighted by Crippen LogP contribution is -2.24. The number of benzene rings is 1. The van der Waals surface area contributed by atoms with Gasteiger partial charge < -0.3 is 10.1 Å². The average Bonchev–Trinajstić information content (AvgIpc) is 2.48. The Labute approximate surface area is 131 Å². The van der Waals surface area contributed by atoms with Crippen LogP contribution in [-0.2, 0) is 21.3 Å². The van der Waals surface area contributed by atoms with E-state index in [1.165, 1.54) is 12.1 Å². The maximum atomic E-state index is 11.4. The van der Waals surface area contributed by atoms with Gasteiger partial charge in [0, 0.05) is 19.4 Å². The van der Waals surface area contributed by atoms with Gasteiger partial charge in [0.2, 0.25) is 10.0 Å². The number of amides is 1. The maximum absolute atomic E-state index is 11.4. The van der Waals surface area contributed by atoms with Gasteiger partial charge in [-0.3, -0.25) is 0 Å². The molecule has 0 saturated carbocycles. The summed E-state index contributed by atoms with van der Waals surface area (Å²) < 4.78 is 27.2. The van der Waals surface area contributed by atoms with E-state index in [-0.39, 0.29) is 18.0 Å². The molecule has 6 nitrogen and oxygen atoms in total. The van der Waals surface area contributed by atoms with Crippen molar-refractivity contribution in [1.82, 2.24) is 5.32 Å². The molecule has 1 amide bonds. The molecule has 0 aromatic heterocycles. The van der Waals surface area contributed by atoms with Gasteiger partial charge >= 0.3 is 6.09 Å². The second-order valence-corrected chi connectivity index (χ2v) is 6.09. The summed E-state index contributed by atoms with van der Waals surface area (Å²) in [6.45, 7) is 2.53. The molecular weight excluding hydrogens is 304 g/mol. The van der Waals surface area contributed by atoms with Crippen LogP contribution in [0.3, 0.4) is 0 Å². The summed E-state index contributed by atoms with van der Waals surface area (Å²) in [5, 5.41) is 7.57. The summed E-state index contributed by atoms with van der Waals surface area (Å²) in [7, 11) is -3.70. The number of carbonyl (C=O) groups excluding carboxylic acids is 1. The Morgan fingerprint density at radius 3 is 2.45 bits per heavy atom. The molecule has 0 atom stereocenters. The molecule has 0 radical (unpaired) electrons. The largest absolute Gasteiger partial charge is 0.449 e. The Kier molecular flexibility index (Phi) is 7.43. The third-order valence-corrected chi connectivity index (χ3v) is 3.58. The maximum Gasteiger partial charge on any atom is 0.407 e. The highest BCUT2D eigenvalue weighted by Crippen LogP contribution is 2.08. The van der Waals surface area contributed by atoms with Crippen LogP contribution < -0.4 is 10.5 Å². The quantitative estimate of drug-likeness (QED) is 0.615. The van der Waals surface area contributed by atoms with Crippen LogP contribution in [0.1, 0.15) is 31.7 Å². The predicted octanol–water partition coefficient (Wildman–Crippen LogP) is 1.75. The van der Waals surface area contributed by atoms with Gasteiger partial charge in [0.25, 0.3) is 0 Å². The van der Waals surface area contributed by atoms with E-state index in [4.69, 9.17) is 9.88 Å². The normalized spacial score (nSPS) is 10.5. The molecule has 0 fully saturated rings. The number of hydrogen-bond acceptors (Lipinski definition) is 4. The van der Waals surface area contributed by atoms with Crippen LogP contribution in [-0.4, -0.2) is 21.1 Å². The lowest BCUT2D eigenvalue weighted by molar-refractivity contribution is 0.148. The van der Waals surface area contributed by atoms with E-state index >= 15 is 0 Å². The molecule has 0 aliphatic heterocycles. The number of nitrogens with one attached hydrogen (secondary N) is 1. The summed E-state index contributed by atoms with van der Waals surface area (Å²) in [4.78, 5) is 11.5. The molecule has 120 valence electrons. The van der Waals surface area contributed by atoms with Gasteiger partial charge in [0.15, 0.2) is 0 Å². The number of ether oxygens (including phenoxy) is 1. The van der Waals surface area contributed by atoms with Crippen LogP contribution in [0.4, 0.5) is 4.79 Å². The fourth-order valence-electron chi connectivity index (χ4n) is 1.52. The van der Waals surface area contributed by atoms with Gasteiger partial charge in [-0.05, 0) is 24.1 Å². The minimum absolute atomic E-state index is 0.0319. The monoisotopic (exact) mass is 324 g/mol. The average molecular weight is 324 g/mol. The van der Waals surface area contributed by atoms with E-state index < -0.39 is 16.1 Å². The first-order chi connectivity index (χ1) is 10.4. The zero-order chi connectivity index (χ0) is 16.4. The van der Waals surface area contributed by atoms with Crippen molar-refractivity contribution in [1.29, 1.82) is 0 Å². The van der Waals surface area contributed by atoms with Gasteiger partial charge in [0.05, 0.1) is 4.90 Å². The van der Waals surface area contributed by atoms with Crippen LogP contribution in [0.5, 0.6) is 0 Å². The molecule has 1 rings (SSSR count). The van der Waals surface area contributed by atoms with E-state index in [1.54, 1.807) is 12.1 Å². The van der Waals surface area contributed by atoms with E-state index in [2.05, 4.69) is 17.2 Å². The zero-order valence-electron chi connectivity index (χ0n) is 12.5. The molecule has 7 heteroatoms. The summed E-state index contributed by atoms with van der Waals surface area (Å²) in [6.07, 6.45) is 1.84. The van der Waals surface area contributed by atoms with Crippen molar-refractivity contribution in [3.05, 3.63) is 29.8 Å². The smallest absolute Gasteiger partial charge is 0.407 e. The lowest BCUT2D eigenvalue weighted by Gasteiger charge is -2.06. The molecule has 0 saturated heterocycles. The molecule has 0 aliphatic rings. The van der Waals surface area contributed by atoms with Crippen LogP contribution in [0.25, 0.3) is 0 Å². The fraction of sp³-hybridized carbons (Fsp3) is 0.400. The summed E-state index contributed by atoms with van der Waals surface area (Å²) >= 11 is 0. The Bertz CT molecular complexity index is 642. The van der Waals surface area contributed by atoms with Crippen LogP contribution >= 0.6 is 0 Å². The van der Waals surface area contributed by atoms with E-state index in [1.807, 2.05) is 6.92 Å². The number of alkyl carbamates (subject to hydrolysis) is 1. The van der Waals surface area contributed by atoms with Crippen molar-refractivity contribution in [2.45, 2.75) is 37.6 Å². The van der Waals surface area contributed by atoms with Crippen molar-refractivity contribution in [2.75, 3.05) is 6.61 Å². The lowest BCUT2D eigenvalue weighted by atomic mass is 10.2. The molecule has 1 aromatic carbocycles. The fourth-order valence-corrected chi connectivity index (χ4v) is 2.03. The predicted molar refractivity (Wildman–Crippen MR) is 83.3 cm³/mol. The number of nitrogens with two attached hydrogens (primary N) is 1. The highest BCUT2D eigenvalue weighted by atomic mass is 32.2. The van der Waals surface area contributed by atoms with Crippen molar-refractivity contribution < 1.29 is 17.9 Å². The Balaban J connectivity index is 2.31. The van der Waals surface area contributed by atoms with E-state index in [0.717, 1.165) is 18.4 Å². The summed E-state index contributed by atoms with van der Waals surface area (Å²) in [5.74, 6) is 5.88. The molecule has 3 N–H and O–H groups in total. The van der Waals surface area contributed by atoms with Crippen molar-refractivity contribution in [3.8, 4) is 11.8 Å². The van der Waals surface area contributed by atoms with Crippen molar-refractivity contribution in [2.24, 2.45) is 5.14 Å². The zero-order valence-corrected chi connectivity index (χ0v) is 13.3. The highest BCUT2D eigenvalue weighted by Gasteiger charge is 2.07. The number of carbonyl (C=O) groups is 1. The molecule has 0 aliphatic carbocycles. The third kappa shape index (κ3) is 7.11.